The van der Waals surface area contributed by atoms with Gasteiger partial charge in [-0.1, -0.05) is 180 Å². The number of nitrogens with zero attached hydrogens (tertiary/aromatic N) is 6. The number of ether oxygens (including phenoxy) is 2. The summed E-state index contributed by atoms with van der Waals surface area (Å²) >= 11 is 34.2. The number of rotatable bonds is 28. The lowest BCUT2D eigenvalue weighted by molar-refractivity contribution is -0.130. The Labute approximate surface area is 825 Å². The van der Waals surface area contributed by atoms with Gasteiger partial charge in [-0.2, -0.15) is 0 Å². The molecule has 0 saturated carbocycles. The Morgan fingerprint density at radius 2 is 0.780 bits per heavy atom. The monoisotopic (exact) mass is 2080 g/mol. The number of carbonyl (C=O) groups excluding carboxylic acids is 6. The van der Waals surface area contributed by atoms with Crippen molar-refractivity contribution in [2.45, 2.75) is 152 Å². The van der Waals surface area contributed by atoms with Crippen LogP contribution in [0.3, 0.4) is 0 Å². The fourth-order valence-corrected chi connectivity index (χ4v) is 24.6. The van der Waals surface area contributed by atoms with E-state index in [1.165, 1.54) is 46.4 Å². The van der Waals surface area contributed by atoms with Gasteiger partial charge < -0.3 is 60.0 Å². The van der Waals surface area contributed by atoms with Crippen molar-refractivity contribution >= 4 is 186 Å². The summed E-state index contributed by atoms with van der Waals surface area (Å²) in [4.78, 5) is 112. The topological polar surface area (TPSA) is 224 Å². The maximum atomic E-state index is 14.7. The number of H-pyrrole nitrogens is 3. The van der Waals surface area contributed by atoms with Gasteiger partial charge in [0.15, 0.2) is 0 Å². The number of aromatic nitrogens is 3. The molecule has 6 amide bonds. The molecule has 12 aromatic rings. The van der Waals surface area contributed by atoms with Crippen molar-refractivity contribution in [3.63, 3.8) is 0 Å². The standard InChI is InChI=1S/2C35H38BrClN4O3S.C33H34BrClN4O2S/c1-23-4-10-28(18-24(23)2)45-35(34(43)38-12-3-13-40-14-16-44-17-15-40)20-32(42)41(22-25-5-7-26(36)8-6-25)33(35)30-21-39-31-19-27(37)9-11-29(30)31;1-2-24-6-11-28(12-7-24)45-35(34(43)38-14-3-15-40-16-18-44-19-17-40)21-32(42)41(23-25-4-8-26(36)9-5-25)33(35)30-22-39-31-20-27(37)10-13-29(30)31;1-21-3-10-26(11-4-21)42-33(32(41)37-25-13-15-38(2)16-14-25)18-30(40)39(20-22-5-7-23(34)8-6-22)31(33)28-19-36-29-17-24(35)9-12-27(28)29/h4-11,18-19,21,33,39H,3,12-17,20,22H2,1-2H3,(H,38,43);4-13,20,22,33,39H,2-3,14-19,21,23H2,1H3,(H,38,43);3-12,17,19,25,31,36H,13-16,18,20H2,1-2H3,(H,37,41)/t2*33-,35-;31-,33-/m000/s1. The van der Waals surface area contributed by atoms with Crippen molar-refractivity contribution in [1.82, 2.24) is 60.3 Å². The van der Waals surface area contributed by atoms with Crippen molar-refractivity contribution in [3.8, 4) is 0 Å². The molecular formula is C103H110Br3Cl3N12O8S3. The number of piperidine rings is 1. The normalized spacial score (nSPS) is 21.0. The van der Waals surface area contributed by atoms with Gasteiger partial charge in [-0.25, -0.2) is 0 Å². The summed E-state index contributed by atoms with van der Waals surface area (Å²) < 4.78 is 10.6. The van der Waals surface area contributed by atoms with E-state index in [1.54, 1.807) is 0 Å². The fourth-order valence-electron chi connectivity index (χ4n) is 18.9. The first-order chi connectivity index (χ1) is 63.8. The first-order valence-corrected chi connectivity index (χ1v) is 51.1. The van der Waals surface area contributed by atoms with Crippen LogP contribution in [-0.2, 0) is 64.3 Å². The fraction of sp³-hybridized carbons (Fsp3) is 0.359. The minimum Gasteiger partial charge on any atom is -0.379 e. The summed E-state index contributed by atoms with van der Waals surface area (Å²) in [6.45, 7) is 20.9. The lowest BCUT2D eigenvalue weighted by Crippen LogP contribution is -2.53. The molecule has 0 spiro atoms. The number of benzene rings is 9. The Bertz CT molecular complexity index is 6100. The highest BCUT2D eigenvalue weighted by Crippen LogP contribution is 2.58. The van der Waals surface area contributed by atoms with E-state index in [9.17, 15) is 28.8 Å². The van der Waals surface area contributed by atoms with Crippen LogP contribution in [-0.4, -0.2) is 199 Å². The number of fused-ring (bicyclic) bond motifs is 3. The Balaban J connectivity index is 0.000000145. The molecule has 29 heteroatoms. The van der Waals surface area contributed by atoms with Crippen LogP contribution in [0.2, 0.25) is 15.1 Å². The van der Waals surface area contributed by atoms with Gasteiger partial charge in [0.25, 0.3) is 0 Å². The average Bonchev–Trinajstić information content (AvgIpc) is 1.58. The molecule has 9 heterocycles. The first kappa shape index (κ1) is 96.7. The van der Waals surface area contributed by atoms with E-state index in [-0.39, 0.29) is 60.7 Å². The third-order valence-electron chi connectivity index (χ3n) is 26.2. The van der Waals surface area contributed by atoms with Gasteiger partial charge in [0.2, 0.25) is 35.4 Å². The zero-order valence-corrected chi connectivity index (χ0v) is 84.1. The number of morpholine rings is 2. The van der Waals surface area contributed by atoms with Gasteiger partial charge in [-0.15, -0.1) is 35.3 Å². The largest absolute Gasteiger partial charge is 0.379 e. The SMILES string of the molecule is CCc1ccc(S[C@@]2(C(=O)NCCCN3CCOCC3)CC(=O)N(Cc3ccc(Br)cc3)[C@H]2c2c[nH]c3cc(Cl)ccc23)cc1.Cc1ccc(S[C@@]2(C(=O)NC3CCN(C)CC3)CC(=O)N(Cc3ccc(Br)cc3)[C@H]2c2c[nH]c3cc(Cl)ccc23)cc1.Cc1ccc(S[C@@]2(C(=O)NCCCN3CCOCC3)CC(=O)N(Cc3ccc(Br)cc3)[C@H]2c2c[nH]c3cc(Cl)ccc23)cc1C. The minimum absolute atomic E-state index is 0.0376. The number of halogens is 6. The second-order valence-electron chi connectivity index (χ2n) is 35.2. The van der Waals surface area contributed by atoms with Gasteiger partial charge in [0.1, 0.15) is 14.2 Å². The molecule has 6 N–H and O–H groups in total. The number of likely N-dealkylation sites (tertiary alicyclic amines) is 4. The molecule has 0 bridgehead atoms. The number of hydrogen-bond acceptors (Lipinski definition) is 14. The summed E-state index contributed by atoms with van der Waals surface area (Å²) in [5.74, 6) is -0.452. The zero-order chi connectivity index (χ0) is 92.4. The highest BCUT2D eigenvalue weighted by atomic mass is 79.9. The molecule has 0 radical (unpaired) electrons. The predicted octanol–water partition coefficient (Wildman–Crippen LogP) is 21.1. The molecule has 132 heavy (non-hydrogen) atoms. The molecule has 6 atom stereocenters. The molecular weight excluding hydrogens is 1980 g/mol. The molecule has 690 valence electrons. The highest BCUT2D eigenvalue weighted by molar-refractivity contribution is 9.11. The molecule has 0 aliphatic carbocycles. The Hall–Kier alpha value is -8.42. The Kier molecular flexibility index (Phi) is 32.0. The van der Waals surface area contributed by atoms with Gasteiger partial charge in [-0.05, 0) is 229 Å². The van der Waals surface area contributed by atoms with E-state index < -0.39 is 32.4 Å². The van der Waals surface area contributed by atoms with Crippen molar-refractivity contribution < 1.29 is 38.2 Å². The van der Waals surface area contributed by atoms with Crippen LogP contribution < -0.4 is 16.0 Å². The lowest BCUT2D eigenvalue weighted by Gasteiger charge is -2.38. The Morgan fingerprint density at radius 3 is 1.15 bits per heavy atom. The molecule has 6 saturated heterocycles. The van der Waals surface area contributed by atoms with Crippen LogP contribution in [0, 0.1) is 20.8 Å². The van der Waals surface area contributed by atoms with Crippen molar-refractivity contribution in [1.29, 1.82) is 0 Å². The van der Waals surface area contributed by atoms with Gasteiger partial charge >= 0.3 is 0 Å². The number of hydrogen-bond donors (Lipinski definition) is 6. The summed E-state index contributed by atoms with van der Waals surface area (Å²) in [7, 11) is 2.11. The molecule has 6 aliphatic heterocycles. The van der Waals surface area contributed by atoms with E-state index in [0.717, 1.165) is 216 Å². The molecule has 0 unspecified atom stereocenters. The number of carbonyl (C=O) groups is 6. The summed E-state index contributed by atoms with van der Waals surface area (Å²) in [5, 5.41) is 14.7. The van der Waals surface area contributed by atoms with Gasteiger partial charge in [0, 0.05) is 176 Å². The van der Waals surface area contributed by atoms with Crippen LogP contribution in [0.4, 0.5) is 0 Å². The second-order valence-corrected chi connectivity index (χ2v) is 43.5. The van der Waals surface area contributed by atoms with Crippen molar-refractivity contribution in [3.05, 3.63) is 297 Å². The Morgan fingerprint density at radius 1 is 0.432 bits per heavy atom. The number of thioether (sulfide) groups is 3. The van der Waals surface area contributed by atoms with Crippen LogP contribution in [0.25, 0.3) is 32.7 Å². The summed E-state index contributed by atoms with van der Waals surface area (Å²) in [6, 6.07) is 62.6. The maximum absolute atomic E-state index is 14.7. The third-order valence-corrected chi connectivity index (χ3v) is 32.7. The lowest BCUT2D eigenvalue weighted by atomic mass is 9.90. The number of nitrogens with one attached hydrogen (secondary N) is 6. The zero-order valence-electron chi connectivity index (χ0n) is 74.6. The number of aromatic amines is 3. The van der Waals surface area contributed by atoms with Crippen LogP contribution >= 0.6 is 118 Å². The molecule has 18 rings (SSSR count). The number of aryl methyl sites for hydroxylation is 4. The van der Waals surface area contributed by atoms with E-state index in [4.69, 9.17) is 44.3 Å². The smallest absolute Gasteiger partial charge is 0.239 e. The molecule has 6 aliphatic rings. The number of amides is 6. The quantitative estimate of drug-likeness (QED) is 0.0251. The molecule has 20 nitrogen and oxygen atoms in total. The average molecular weight is 2090 g/mol. The molecule has 6 fully saturated rings. The van der Waals surface area contributed by atoms with Crippen LogP contribution in [0.15, 0.2) is 241 Å². The maximum Gasteiger partial charge on any atom is 0.239 e. The van der Waals surface area contributed by atoms with Gasteiger partial charge in [-0.3, -0.25) is 38.6 Å². The van der Waals surface area contributed by atoms with Crippen LogP contribution in [0.1, 0.15) is 126 Å². The third kappa shape index (κ3) is 22.5. The summed E-state index contributed by atoms with van der Waals surface area (Å²) in [5.41, 5.74) is 13.1. The summed E-state index contributed by atoms with van der Waals surface area (Å²) in [6.07, 6.45) is 10.5. The second kappa shape index (κ2) is 43.7. The van der Waals surface area contributed by atoms with E-state index in [1.807, 2.05) is 161 Å². The van der Waals surface area contributed by atoms with E-state index in [0.29, 0.717) is 47.8 Å². The van der Waals surface area contributed by atoms with E-state index in [2.05, 4.69) is 195 Å². The van der Waals surface area contributed by atoms with Crippen molar-refractivity contribution in [2.75, 3.05) is 98.9 Å². The minimum atomic E-state index is -1.11. The van der Waals surface area contributed by atoms with Crippen LogP contribution in [0.5, 0.6) is 0 Å². The highest BCUT2D eigenvalue weighted by Gasteiger charge is 2.62. The molecule has 9 aromatic carbocycles. The molecule has 3 aromatic heterocycles. The van der Waals surface area contributed by atoms with Gasteiger partial charge in [0.05, 0.1) is 63.8 Å². The van der Waals surface area contributed by atoms with Crippen molar-refractivity contribution in [2.24, 2.45) is 0 Å². The first-order valence-electron chi connectivity index (χ1n) is 45.2. The predicted molar refractivity (Wildman–Crippen MR) is 543 cm³/mol. The van der Waals surface area contributed by atoms with E-state index >= 15 is 0 Å².